The van der Waals surface area contributed by atoms with Crippen LogP contribution in [0.5, 0.6) is 5.75 Å². The van der Waals surface area contributed by atoms with E-state index in [1.807, 2.05) is 14.1 Å². The molecule has 0 aliphatic rings. The van der Waals surface area contributed by atoms with E-state index in [-0.39, 0.29) is 5.82 Å². The molecule has 16 heavy (non-hydrogen) atoms. The number of nitrogens with zero attached hydrogens (tertiary/aromatic N) is 1. The van der Waals surface area contributed by atoms with Gasteiger partial charge in [-0.1, -0.05) is 12.1 Å². The second-order valence-corrected chi connectivity index (χ2v) is 3.69. The van der Waals surface area contributed by atoms with Gasteiger partial charge in [0.05, 0.1) is 0 Å². The van der Waals surface area contributed by atoms with Crippen LogP contribution in [-0.4, -0.2) is 45.2 Å². The van der Waals surface area contributed by atoms with Crippen LogP contribution in [0.15, 0.2) is 24.3 Å². The summed E-state index contributed by atoms with van der Waals surface area (Å²) in [4.78, 5) is 2.14. The van der Waals surface area contributed by atoms with Gasteiger partial charge in [-0.05, 0) is 26.2 Å². The predicted molar refractivity (Wildman–Crippen MR) is 63.3 cm³/mol. The zero-order chi connectivity index (χ0) is 11.8. The molecule has 1 aromatic carbocycles. The quantitative estimate of drug-likeness (QED) is 0.759. The molecule has 0 saturated carbocycles. The highest BCUT2D eigenvalue weighted by atomic mass is 19.1. The number of rotatable bonds is 7. The van der Waals surface area contributed by atoms with Crippen molar-refractivity contribution in [2.75, 3.05) is 40.3 Å². The van der Waals surface area contributed by atoms with E-state index in [4.69, 9.17) is 4.74 Å². The van der Waals surface area contributed by atoms with Crippen molar-refractivity contribution in [3.8, 4) is 5.75 Å². The van der Waals surface area contributed by atoms with Gasteiger partial charge >= 0.3 is 0 Å². The molecule has 1 rings (SSSR count). The Morgan fingerprint density at radius 2 is 2.06 bits per heavy atom. The number of halogens is 1. The molecule has 4 heteroatoms. The second kappa shape index (κ2) is 7.19. The van der Waals surface area contributed by atoms with Crippen LogP contribution in [0.3, 0.4) is 0 Å². The largest absolute Gasteiger partial charge is 0.489 e. The van der Waals surface area contributed by atoms with Crippen LogP contribution in [-0.2, 0) is 0 Å². The summed E-state index contributed by atoms with van der Waals surface area (Å²) < 4.78 is 18.5. The molecule has 0 aromatic heterocycles. The maximum Gasteiger partial charge on any atom is 0.165 e. The number of ether oxygens (including phenoxy) is 1. The van der Waals surface area contributed by atoms with Crippen LogP contribution < -0.4 is 10.1 Å². The van der Waals surface area contributed by atoms with Gasteiger partial charge in [0, 0.05) is 19.6 Å². The minimum Gasteiger partial charge on any atom is -0.489 e. The molecule has 0 bridgehead atoms. The van der Waals surface area contributed by atoms with E-state index in [0.29, 0.717) is 12.4 Å². The van der Waals surface area contributed by atoms with E-state index in [9.17, 15) is 4.39 Å². The van der Waals surface area contributed by atoms with Crippen molar-refractivity contribution >= 4 is 0 Å². The Kier molecular flexibility index (Phi) is 5.82. The van der Waals surface area contributed by atoms with Crippen molar-refractivity contribution < 1.29 is 9.13 Å². The first-order valence-electron chi connectivity index (χ1n) is 5.44. The molecule has 90 valence electrons. The standard InChI is InChI=1S/C12H19FN2O/c1-14-7-8-15(2)9-10-16-12-6-4-3-5-11(12)13/h3-6,14H,7-10H2,1-2H3. The van der Waals surface area contributed by atoms with E-state index < -0.39 is 0 Å². The molecule has 0 unspecified atom stereocenters. The number of hydrogen-bond donors (Lipinski definition) is 1. The zero-order valence-electron chi connectivity index (χ0n) is 9.87. The summed E-state index contributed by atoms with van der Waals surface area (Å²) in [6.07, 6.45) is 0. The second-order valence-electron chi connectivity index (χ2n) is 3.69. The van der Waals surface area contributed by atoms with Crippen LogP contribution >= 0.6 is 0 Å². The van der Waals surface area contributed by atoms with Crippen LogP contribution in [0.1, 0.15) is 0 Å². The predicted octanol–water partition coefficient (Wildman–Crippen LogP) is 1.36. The van der Waals surface area contributed by atoms with Crippen molar-refractivity contribution in [3.63, 3.8) is 0 Å². The van der Waals surface area contributed by atoms with Gasteiger partial charge in [0.1, 0.15) is 6.61 Å². The third-order valence-corrected chi connectivity index (χ3v) is 2.31. The van der Waals surface area contributed by atoms with Gasteiger partial charge in [-0.25, -0.2) is 4.39 Å². The Bertz CT molecular complexity index is 307. The topological polar surface area (TPSA) is 24.5 Å². The monoisotopic (exact) mass is 226 g/mol. The average Bonchev–Trinajstić information content (AvgIpc) is 2.29. The lowest BCUT2D eigenvalue weighted by Gasteiger charge is -2.16. The first kappa shape index (κ1) is 12.9. The molecule has 0 radical (unpaired) electrons. The fourth-order valence-corrected chi connectivity index (χ4v) is 1.29. The lowest BCUT2D eigenvalue weighted by molar-refractivity contribution is 0.232. The lowest BCUT2D eigenvalue weighted by atomic mass is 10.3. The molecule has 0 amide bonds. The number of nitrogens with one attached hydrogen (secondary N) is 1. The van der Waals surface area contributed by atoms with Crippen molar-refractivity contribution in [2.24, 2.45) is 0 Å². The molecule has 0 saturated heterocycles. The summed E-state index contributed by atoms with van der Waals surface area (Å²) in [6.45, 7) is 3.19. The van der Waals surface area contributed by atoms with Gasteiger partial charge in [-0.2, -0.15) is 0 Å². The Balaban J connectivity index is 2.23. The smallest absolute Gasteiger partial charge is 0.165 e. The minimum atomic E-state index is -0.305. The summed E-state index contributed by atoms with van der Waals surface area (Å²) in [6, 6.07) is 6.47. The van der Waals surface area contributed by atoms with Crippen LogP contribution in [0, 0.1) is 5.82 Å². The highest BCUT2D eigenvalue weighted by Gasteiger charge is 2.02. The lowest BCUT2D eigenvalue weighted by Crippen LogP contribution is -2.30. The number of para-hydroxylation sites is 1. The highest BCUT2D eigenvalue weighted by Crippen LogP contribution is 2.14. The van der Waals surface area contributed by atoms with Crippen molar-refractivity contribution in [1.82, 2.24) is 10.2 Å². The van der Waals surface area contributed by atoms with Gasteiger partial charge in [0.25, 0.3) is 0 Å². The maximum atomic E-state index is 13.2. The maximum absolute atomic E-state index is 13.2. The van der Waals surface area contributed by atoms with Gasteiger partial charge in [-0.3, -0.25) is 0 Å². The fourth-order valence-electron chi connectivity index (χ4n) is 1.29. The van der Waals surface area contributed by atoms with Crippen molar-refractivity contribution in [1.29, 1.82) is 0 Å². The van der Waals surface area contributed by atoms with E-state index in [1.165, 1.54) is 6.07 Å². The Morgan fingerprint density at radius 3 is 2.75 bits per heavy atom. The summed E-state index contributed by atoms with van der Waals surface area (Å²) in [5, 5.41) is 3.07. The summed E-state index contributed by atoms with van der Waals surface area (Å²) in [5.74, 6) is 0.0184. The van der Waals surface area contributed by atoms with Crippen LogP contribution in [0.4, 0.5) is 4.39 Å². The summed E-state index contributed by atoms with van der Waals surface area (Å²) >= 11 is 0. The average molecular weight is 226 g/mol. The number of benzene rings is 1. The highest BCUT2D eigenvalue weighted by molar-refractivity contribution is 5.23. The Morgan fingerprint density at radius 1 is 1.31 bits per heavy atom. The van der Waals surface area contributed by atoms with Crippen LogP contribution in [0.2, 0.25) is 0 Å². The van der Waals surface area contributed by atoms with E-state index in [2.05, 4.69) is 10.2 Å². The minimum absolute atomic E-state index is 0.305. The molecule has 3 nitrogen and oxygen atoms in total. The van der Waals surface area contributed by atoms with Gasteiger partial charge in [0.15, 0.2) is 11.6 Å². The zero-order valence-corrected chi connectivity index (χ0v) is 9.87. The third-order valence-electron chi connectivity index (χ3n) is 2.31. The van der Waals surface area contributed by atoms with Gasteiger partial charge in [0.2, 0.25) is 0 Å². The molecule has 0 aliphatic heterocycles. The SMILES string of the molecule is CNCCN(C)CCOc1ccccc1F. The molecule has 0 aliphatic carbocycles. The molecule has 0 fully saturated rings. The van der Waals surface area contributed by atoms with Gasteiger partial charge in [-0.15, -0.1) is 0 Å². The summed E-state index contributed by atoms with van der Waals surface area (Å²) in [7, 11) is 3.94. The molecular weight excluding hydrogens is 207 g/mol. The van der Waals surface area contributed by atoms with Crippen molar-refractivity contribution in [3.05, 3.63) is 30.1 Å². The van der Waals surface area contributed by atoms with E-state index in [1.54, 1.807) is 18.2 Å². The molecule has 0 heterocycles. The molecule has 0 atom stereocenters. The Labute approximate surface area is 96.2 Å². The number of hydrogen-bond acceptors (Lipinski definition) is 3. The fraction of sp³-hybridized carbons (Fsp3) is 0.500. The normalized spacial score (nSPS) is 10.8. The molecule has 1 aromatic rings. The van der Waals surface area contributed by atoms with Crippen molar-refractivity contribution in [2.45, 2.75) is 0 Å². The van der Waals surface area contributed by atoms with E-state index >= 15 is 0 Å². The molecule has 0 spiro atoms. The van der Waals surface area contributed by atoms with E-state index in [0.717, 1.165) is 19.6 Å². The molecular formula is C12H19FN2O. The van der Waals surface area contributed by atoms with Crippen LogP contribution in [0.25, 0.3) is 0 Å². The number of likely N-dealkylation sites (N-methyl/N-ethyl adjacent to an activating group) is 2. The van der Waals surface area contributed by atoms with Gasteiger partial charge < -0.3 is 15.0 Å². The first-order valence-corrected chi connectivity index (χ1v) is 5.44. The molecule has 1 N–H and O–H groups in total. The third kappa shape index (κ3) is 4.59. The Hall–Kier alpha value is -1.13. The summed E-state index contributed by atoms with van der Waals surface area (Å²) in [5.41, 5.74) is 0. The first-order chi connectivity index (χ1) is 7.74.